The van der Waals surface area contributed by atoms with Crippen LogP contribution < -0.4 is 10.2 Å². The molecule has 0 spiro atoms. The van der Waals surface area contributed by atoms with Crippen LogP contribution in [0.1, 0.15) is 37.5 Å². The molecule has 1 aliphatic heterocycles. The van der Waals surface area contributed by atoms with E-state index in [-0.39, 0.29) is 18.2 Å². The van der Waals surface area contributed by atoms with E-state index in [1.54, 1.807) is 29.2 Å². The van der Waals surface area contributed by atoms with Gasteiger partial charge in [0.05, 0.1) is 5.92 Å². The van der Waals surface area contributed by atoms with E-state index in [4.69, 9.17) is 16.1 Å². The molecule has 2 aliphatic rings. The van der Waals surface area contributed by atoms with Crippen LogP contribution in [0.2, 0.25) is 5.02 Å². The molecule has 1 aromatic heterocycles. The molecule has 1 saturated heterocycles. The molecule has 2 aromatic carbocycles. The zero-order valence-corrected chi connectivity index (χ0v) is 17.5. The molecule has 7 nitrogen and oxygen atoms in total. The van der Waals surface area contributed by atoms with Crippen LogP contribution in [0.3, 0.4) is 0 Å². The van der Waals surface area contributed by atoms with Gasteiger partial charge in [0.2, 0.25) is 23.5 Å². The van der Waals surface area contributed by atoms with Crippen LogP contribution in [-0.4, -0.2) is 28.5 Å². The summed E-state index contributed by atoms with van der Waals surface area (Å²) >= 11 is 6.04. The molecule has 3 aromatic rings. The summed E-state index contributed by atoms with van der Waals surface area (Å²) in [5.74, 6) is 0.837. The molecule has 1 atom stereocenters. The Hall–Kier alpha value is -3.19. The van der Waals surface area contributed by atoms with Gasteiger partial charge in [-0.2, -0.15) is 4.98 Å². The third-order valence-corrected chi connectivity index (χ3v) is 6.14. The number of carbonyl (C=O) groups is 2. The molecule has 0 radical (unpaired) electrons. The number of amides is 2. The van der Waals surface area contributed by atoms with Gasteiger partial charge in [-0.05, 0) is 43.2 Å². The lowest BCUT2D eigenvalue weighted by atomic mass is 9.85. The Labute approximate surface area is 184 Å². The van der Waals surface area contributed by atoms with Gasteiger partial charge in [-0.3, -0.25) is 9.59 Å². The Bertz CT molecular complexity index is 1140. The van der Waals surface area contributed by atoms with Crippen LogP contribution in [0.15, 0.2) is 53.1 Å². The van der Waals surface area contributed by atoms with E-state index in [1.807, 2.05) is 24.3 Å². The molecule has 1 unspecified atom stereocenters. The summed E-state index contributed by atoms with van der Waals surface area (Å²) in [6.45, 7) is 0.320. The number of aromatic nitrogens is 2. The Morgan fingerprint density at radius 1 is 1.16 bits per heavy atom. The van der Waals surface area contributed by atoms with Crippen molar-refractivity contribution in [3.05, 3.63) is 59.4 Å². The zero-order chi connectivity index (χ0) is 21.4. The molecular formula is C23H21ClN4O3. The highest BCUT2D eigenvalue weighted by atomic mass is 35.5. The molecule has 1 saturated carbocycles. The fraction of sp³-hybridized carbons (Fsp3) is 0.304. The van der Waals surface area contributed by atoms with E-state index in [9.17, 15) is 9.59 Å². The van der Waals surface area contributed by atoms with Crippen molar-refractivity contribution >= 4 is 34.8 Å². The predicted molar refractivity (Wildman–Crippen MR) is 117 cm³/mol. The number of rotatable bonds is 5. The van der Waals surface area contributed by atoms with E-state index in [0.29, 0.717) is 40.6 Å². The monoisotopic (exact) mass is 436 g/mol. The van der Waals surface area contributed by atoms with Crippen molar-refractivity contribution in [1.29, 1.82) is 0 Å². The fourth-order valence-corrected chi connectivity index (χ4v) is 4.12. The van der Waals surface area contributed by atoms with Gasteiger partial charge in [0.15, 0.2) is 0 Å². The number of carbonyl (C=O) groups excluding carboxylic acids is 2. The minimum absolute atomic E-state index is 0.0912. The summed E-state index contributed by atoms with van der Waals surface area (Å²) < 4.78 is 5.40. The van der Waals surface area contributed by atoms with Crippen molar-refractivity contribution in [3.8, 4) is 11.4 Å². The molecule has 31 heavy (non-hydrogen) atoms. The quantitative estimate of drug-likeness (QED) is 0.629. The third-order valence-electron chi connectivity index (χ3n) is 5.90. The summed E-state index contributed by atoms with van der Waals surface area (Å²) in [7, 11) is 0. The van der Waals surface area contributed by atoms with E-state index < -0.39 is 5.92 Å². The van der Waals surface area contributed by atoms with Crippen molar-refractivity contribution in [1.82, 2.24) is 10.1 Å². The summed E-state index contributed by atoms with van der Waals surface area (Å²) in [5, 5.41) is 7.56. The molecule has 8 heteroatoms. The number of benzene rings is 2. The van der Waals surface area contributed by atoms with E-state index in [0.717, 1.165) is 18.4 Å². The third kappa shape index (κ3) is 4.05. The number of hydrogen-bond acceptors (Lipinski definition) is 5. The SMILES string of the molecule is O=C(Nc1cccc(-c2noc(C3CCC3)n2)c1)C1CC(=O)N(c2cccc(Cl)c2)C1. The van der Waals surface area contributed by atoms with Gasteiger partial charge in [-0.15, -0.1) is 0 Å². The van der Waals surface area contributed by atoms with Crippen molar-refractivity contribution in [2.75, 3.05) is 16.8 Å². The normalized spacial score (nSPS) is 18.8. The van der Waals surface area contributed by atoms with Crippen molar-refractivity contribution < 1.29 is 14.1 Å². The first-order valence-corrected chi connectivity index (χ1v) is 10.8. The van der Waals surface area contributed by atoms with Crippen LogP contribution in [0.5, 0.6) is 0 Å². The molecule has 158 valence electrons. The molecule has 0 bridgehead atoms. The lowest BCUT2D eigenvalue weighted by Crippen LogP contribution is -2.28. The number of nitrogens with zero attached hydrogens (tertiary/aromatic N) is 3. The average Bonchev–Trinajstić information content (AvgIpc) is 3.34. The molecule has 2 fully saturated rings. The Morgan fingerprint density at radius 3 is 2.77 bits per heavy atom. The summed E-state index contributed by atoms with van der Waals surface area (Å²) in [5.41, 5.74) is 2.11. The lowest BCUT2D eigenvalue weighted by molar-refractivity contribution is -0.122. The highest BCUT2D eigenvalue weighted by Gasteiger charge is 2.35. The zero-order valence-electron chi connectivity index (χ0n) is 16.8. The van der Waals surface area contributed by atoms with Gasteiger partial charge in [-0.1, -0.05) is 41.4 Å². The van der Waals surface area contributed by atoms with Crippen molar-refractivity contribution in [2.24, 2.45) is 5.92 Å². The van der Waals surface area contributed by atoms with Gasteiger partial charge in [0.1, 0.15) is 0 Å². The Kier molecular flexibility index (Phi) is 5.19. The number of nitrogens with one attached hydrogen (secondary N) is 1. The minimum atomic E-state index is -0.439. The number of hydrogen-bond donors (Lipinski definition) is 1. The Balaban J connectivity index is 1.27. The summed E-state index contributed by atoms with van der Waals surface area (Å²) in [4.78, 5) is 31.4. The van der Waals surface area contributed by atoms with Crippen LogP contribution in [0.25, 0.3) is 11.4 Å². The number of anilines is 2. The predicted octanol–water partition coefficient (Wildman–Crippen LogP) is 4.65. The molecule has 2 amide bonds. The van der Waals surface area contributed by atoms with Gasteiger partial charge in [0, 0.05) is 40.8 Å². The van der Waals surface area contributed by atoms with E-state index in [1.165, 1.54) is 6.42 Å². The second-order valence-corrected chi connectivity index (χ2v) is 8.48. The fourth-order valence-electron chi connectivity index (χ4n) is 3.93. The van der Waals surface area contributed by atoms with E-state index in [2.05, 4.69) is 15.5 Å². The van der Waals surface area contributed by atoms with Gasteiger partial charge in [-0.25, -0.2) is 0 Å². The minimum Gasteiger partial charge on any atom is -0.339 e. The lowest BCUT2D eigenvalue weighted by Gasteiger charge is -2.20. The smallest absolute Gasteiger partial charge is 0.230 e. The highest BCUT2D eigenvalue weighted by molar-refractivity contribution is 6.31. The average molecular weight is 437 g/mol. The largest absolute Gasteiger partial charge is 0.339 e. The molecule has 5 rings (SSSR count). The summed E-state index contributed by atoms with van der Waals surface area (Å²) in [6, 6.07) is 14.4. The first-order valence-electron chi connectivity index (χ1n) is 10.4. The second-order valence-electron chi connectivity index (χ2n) is 8.04. The van der Waals surface area contributed by atoms with Crippen LogP contribution in [-0.2, 0) is 9.59 Å². The second kappa shape index (κ2) is 8.15. The van der Waals surface area contributed by atoms with Crippen molar-refractivity contribution in [3.63, 3.8) is 0 Å². The van der Waals surface area contributed by atoms with Gasteiger partial charge < -0.3 is 14.7 Å². The van der Waals surface area contributed by atoms with Crippen LogP contribution >= 0.6 is 11.6 Å². The first kappa shape index (κ1) is 19.8. The maximum Gasteiger partial charge on any atom is 0.230 e. The topological polar surface area (TPSA) is 88.3 Å². The highest BCUT2D eigenvalue weighted by Crippen LogP contribution is 2.36. The summed E-state index contributed by atoms with van der Waals surface area (Å²) in [6.07, 6.45) is 3.53. The van der Waals surface area contributed by atoms with Crippen molar-refractivity contribution in [2.45, 2.75) is 31.6 Å². The standard InChI is InChI=1S/C23H21ClN4O3/c24-17-7-3-9-19(12-17)28-13-16(11-20(28)29)22(30)25-18-8-2-6-15(10-18)21-26-23(31-27-21)14-4-1-5-14/h2-3,6-10,12,14,16H,1,4-5,11,13H2,(H,25,30). The van der Waals surface area contributed by atoms with Gasteiger partial charge in [0.25, 0.3) is 0 Å². The Morgan fingerprint density at radius 2 is 2.00 bits per heavy atom. The molecule has 2 heterocycles. The number of halogens is 1. The first-order chi connectivity index (χ1) is 15.1. The molecule has 1 aliphatic carbocycles. The molecule has 1 N–H and O–H groups in total. The maximum atomic E-state index is 12.8. The van der Waals surface area contributed by atoms with E-state index >= 15 is 0 Å². The maximum absolute atomic E-state index is 12.8. The van der Waals surface area contributed by atoms with Crippen LogP contribution in [0.4, 0.5) is 11.4 Å². The van der Waals surface area contributed by atoms with Gasteiger partial charge >= 0.3 is 0 Å². The molecular weight excluding hydrogens is 416 g/mol. The van der Waals surface area contributed by atoms with Crippen LogP contribution in [0, 0.1) is 5.92 Å².